The molecule has 0 amide bonds. The van der Waals surface area contributed by atoms with Gasteiger partial charge < -0.3 is 9.84 Å². The number of benzene rings is 1. The fourth-order valence-electron chi connectivity index (χ4n) is 2.17. The number of hydrogen-bond donors (Lipinski definition) is 1. The minimum atomic E-state index is 0.223. The third kappa shape index (κ3) is 2.76. The van der Waals surface area contributed by atoms with Crippen LogP contribution in [0.5, 0.6) is 5.75 Å². The van der Waals surface area contributed by atoms with Crippen LogP contribution in [0.15, 0.2) is 12.1 Å². The van der Waals surface area contributed by atoms with Crippen LogP contribution in [0.4, 0.5) is 0 Å². The Balaban J connectivity index is 3.08. The van der Waals surface area contributed by atoms with E-state index in [2.05, 4.69) is 26.0 Å². The molecule has 1 rings (SSSR count). The summed E-state index contributed by atoms with van der Waals surface area (Å²) in [5.41, 5.74) is 3.59. The molecule has 0 saturated heterocycles. The first-order valence-corrected chi connectivity index (χ1v) is 5.90. The van der Waals surface area contributed by atoms with Crippen LogP contribution < -0.4 is 4.74 Å². The first kappa shape index (κ1) is 13.0. The molecule has 0 aliphatic heterocycles. The van der Waals surface area contributed by atoms with Crippen molar-refractivity contribution in [2.45, 2.75) is 39.5 Å². The number of rotatable bonds is 5. The summed E-state index contributed by atoms with van der Waals surface area (Å²) < 4.78 is 5.29. The topological polar surface area (TPSA) is 29.5 Å². The molecule has 0 aliphatic rings. The molecule has 0 radical (unpaired) electrons. The van der Waals surface area contributed by atoms with Crippen molar-refractivity contribution >= 4 is 0 Å². The van der Waals surface area contributed by atoms with Gasteiger partial charge in [0.05, 0.1) is 7.11 Å². The van der Waals surface area contributed by atoms with Gasteiger partial charge in [-0.05, 0) is 43.0 Å². The van der Waals surface area contributed by atoms with Crippen LogP contribution in [-0.4, -0.2) is 18.8 Å². The van der Waals surface area contributed by atoms with Gasteiger partial charge in [0.2, 0.25) is 0 Å². The standard InChI is InChI=1S/C14H22O2/c1-5-6-12(9-15)13-7-11(3)14(16-4)8-10(13)2/h7-8,12,15H,5-6,9H2,1-4H3. The van der Waals surface area contributed by atoms with E-state index in [9.17, 15) is 5.11 Å². The van der Waals surface area contributed by atoms with E-state index in [0.29, 0.717) is 0 Å². The van der Waals surface area contributed by atoms with Gasteiger partial charge in [-0.15, -0.1) is 0 Å². The number of aryl methyl sites for hydroxylation is 2. The number of methoxy groups -OCH3 is 1. The maximum absolute atomic E-state index is 9.42. The van der Waals surface area contributed by atoms with E-state index in [4.69, 9.17) is 4.74 Å². The molecule has 2 heteroatoms. The molecule has 0 bridgehead atoms. The van der Waals surface area contributed by atoms with E-state index >= 15 is 0 Å². The van der Waals surface area contributed by atoms with E-state index in [-0.39, 0.29) is 12.5 Å². The van der Waals surface area contributed by atoms with E-state index in [1.807, 2.05) is 6.92 Å². The maximum atomic E-state index is 9.42. The van der Waals surface area contributed by atoms with Crippen molar-refractivity contribution in [3.63, 3.8) is 0 Å². The second-order valence-corrected chi connectivity index (χ2v) is 4.35. The van der Waals surface area contributed by atoms with E-state index in [1.165, 1.54) is 11.1 Å². The van der Waals surface area contributed by atoms with Crippen LogP contribution in [0.2, 0.25) is 0 Å². The summed E-state index contributed by atoms with van der Waals surface area (Å²) >= 11 is 0. The Morgan fingerprint density at radius 1 is 1.25 bits per heavy atom. The Kier molecular flexibility index (Phi) is 4.81. The van der Waals surface area contributed by atoms with Crippen molar-refractivity contribution in [2.24, 2.45) is 0 Å². The zero-order chi connectivity index (χ0) is 12.1. The molecule has 0 aliphatic carbocycles. The van der Waals surface area contributed by atoms with Gasteiger partial charge in [0.15, 0.2) is 0 Å². The molecule has 0 saturated carbocycles. The predicted molar refractivity (Wildman–Crippen MR) is 67.2 cm³/mol. The first-order valence-electron chi connectivity index (χ1n) is 5.90. The Labute approximate surface area is 98.3 Å². The fraction of sp³-hybridized carbons (Fsp3) is 0.571. The van der Waals surface area contributed by atoms with Crippen LogP contribution >= 0.6 is 0 Å². The summed E-state index contributed by atoms with van der Waals surface area (Å²) in [5.74, 6) is 1.18. The SMILES string of the molecule is CCCC(CO)c1cc(C)c(OC)cc1C. The molecule has 0 heterocycles. The monoisotopic (exact) mass is 222 g/mol. The van der Waals surface area contributed by atoms with Gasteiger partial charge in [0, 0.05) is 12.5 Å². The smallest absolute Gasteiger partial charge is 0.122 e. The highest BCUT2D eigenvalue weighted by atomic mass is 16.5. The number of aliphatic hydroxyl groups excluding tert-OH is 1. The summed E-state index contributed by atoms with van der Waals surface area (Å²) in [6.07, 6.45) is 2.12. The third-order valence-corrected chi connectivity index (χ3v) is 3.08. The molecule has 1 aromatic carbocycles. The summed E-state index contributed by atoms with van der Waals surface area (Å²) in [4.78, 5) is 0. The van der Waals surface area contributed by atoms with Crippen molar-refractivity contribution in [2.75, 3.05) is 13.7 Å². The lowest BCUT2D eigenvalue weighted by atomic mass is 9.90. The Morgan fingerprint density at radius 2 is 1.94 bits per heavy atom. The molecule has 0 aromatic heterocycles. The lowest BCUT2D eigenvalue weighted by Crippen LogP contribution is -2.06. The van der Waals surface area contributed by atoms with E-state index in [1.54, 1.807) is 7.11 Å². The van der Waals surface area contributed by atoms with Gasteiger partial charge >= 0.3 is 0 Å². The highest BCUT2D eigenvalue weighted by Gasteiger charge is 2.14. The molecule has 1 atom stereocenters. The molecular formula is C14H22O2. The zero-order valence-corrected chi connectivity index (χ0v) is 10.7. The Bertz CT molecular complexity index is 345. The highest BCUT2D eigenvalue weighted by Crippen LogP contribution is 2.29. The van der Waals surface area contributed by atoms with Crippen LogP contribution in [0.25, 0.3) is 0 Å². The number of aliphatic hydroxyl groups is 1. The summed E-state index contributed by atoms with van der Waals surface area (Å²) in [7, 11) is 1.69. The van der Waals surface area contributed by atoms with Crippen molar-refractivity contribution in [1.82, 2.24) is 0 Å². The largest absolute Gasteiger partial charge is 0.496 e. The Hall–Kier alpha value is -1.02. The summed E-state index contributed by atoms with van der Waals surface area (Å²) in [5, 5.41) is 9.42. The van der Waals surface area contributed by atoms with Crippen LogP contribution in [-0.2, 0) is 0 Å². The summed E-state index contributed by atoms with van der Waals surface area (Å²) in [6, 6.07) is 4.20. The molecule has 0 spiro atoms. The van der Waals surface area contributed by atoms with Gasteiger partial charge in [0.25, 0.3) is 0 Å². The third-order valence-electron chi connectivity index (χ3n) is 3.08. The molecule has 1 aromatic rings. The quantitative estimate of drug-likeness (QED) is 0.829. The van der Waals surface area contributed by atoms with Gasteiger partial charge in [-0.2, -0.15) is 0 Å². The van der Waals surface area contributed by atoms with Crippen molar-refractivity contribution in [3.05, 3.63) is 28.8 Å². The summed E-state index contributed by atoms with van der Waals surface area (Å²) in [6.45, 7) is 6.49. The second kappa shape index (κ2) is 5.90. The van der Waals surface area contributed by atoms with E-state index < -0.39 is 0 Å². The van der Waals surface area contributed by atoms with Gasteiger partial charge in [0.1, 0.15) is 5.75 Å². The van der Waals surface area contributed by atoms with E-state index in [0.717, 1.165) is 24.2 Å². The molecule has 90 valence electrons. The van der Waals surface area contributed by atoms with Crippen molar-refractivity contribution < 1.29 is 9.84 Å². The second-order valence-electron chi connectivity index (χ2n) is 4.35. The minimum absolute atomic E-state index is 0.223. The van der Waals surface area contributed by atoms with Gasteiger partial charge in [-0.3, -0.25) is 0 Å². The average molecular weight is 222 g/mol. The van der Waals surface area contributed by atoms with Crippen molar-refractivity contribution in [3.8, 4) is 5.75 Å². The average Bonchev–Trinajstić information content (AvgIpc) is 2.28. The molecule has 1 N–H and O–H groups in total. The first-order chi connectivity index (χ1) is 7.63. The van der Waals surface area contributed by atoms with Gasteiger partial charge in [-0.25, -0.2) is 0 Å². The molecule has 2 nitrogen and oxygen atoms in total. The maximum Gasteiger partial charge on any atom is 0.122 e. The lowest BCUT2D eigenvalue weighted by molar-refractivity contribution is 0.258. The fourth-order valence-corrected chi connectivity index (χ4v) is 2.17. The number of ether oxygens (including phenoxy) is 1. The molecule has 16 heavy (non-hydrogen) atoms. The van der Waals surface area contributed by atoms with Gasteiger partial charge in [-0.1, -0.05) is 19.4 Å². The molecular weight excluding hydrogens is 200 g/mol. The Morgan fingerprint density at radius 3 is 2.44 bits per heavy atom. The van der Waals surface area contributed by atoms with Crippen LogP contribution in [0, 0.1) is 13.8 Å². The normalized spacial score (nSPS) is 12.6. The highest BCUT2D eigenvalue weighted by molar-refractivity contribution is 5.43. The minimum Gasteiger partial charge on any atom is -0.496 e. The lowest BCUT2D eigenvalue weighted by Gasteiger charge is -2.18. The zero-order valence-electron chi connectivity index (χ0n) is 10.7. The number of hydrogen-bond acceptors (Lipinski definition) is 2. The van der Waals surface area contributed by atoms with Crippen LogP contribution in [0.3, 0.4) is 0 Å². The predicted octanol–water partition coefficient (Wildman–Crippen LogP) is 3.19. The molecule has 0 fully saturated rings. The van der Waals surface area contributed by atoms with Crippen LogP contribution in [0.1, 0.15) is 42.4 Å². The molecule has 1 unspecified atom stereocenters. The van der Waals surface area contributed by atoms with Crippen molar-refractivity contribution in [1.29, 1.82) is 0 Å².